The number of hydrogen-bond donors (Lipinski definition) is 0. The minimum atomic E-state index is -1.99. The van der Waals surface area contributed by atoms with Gasteiger partial charge in [0.05, 0.1) is 6.10 Å². The first-order valence-corrected chi connectivity index (χ1v) is 18.6. The zero-order valence-electron chi connectivity index (χ0n) is 29.1. The average Bonchev–Trinajstić information content (AvgIpc) is 3.04. The fourth-order valence-corrected chi connectivity index (χ4v) is 9.68. The van der Waals surface area contributed by atoms with Crippen molar-refractivity contribution in [1.29, 1.82) is 0 Å². The van der Waals surface area contributed by atoms with Gasteiger partial charge in [-0.2, -0.15) is 0 Å². The lowest BCUT2D eigenvalue weighted by Gasteiger charge is -2.42. The fraction of sp³-hybridized carbons (Fsp3) is 0.372. The van der Waals surface area contributed by atoms with Crippen LogP contribution in [0, 0.1) is 5.41 Å². The number of hydrogen-bond acceptors (Lipinski definition) is 2. The number of carbonyl (C=O) groups excluding carboxylic acids is 1. The molecular weight excluding hydrogens is 577 g/mol. The van der Waals surface area contributed by atoms with Gasteiger partial charge in [-0.3, -0.25) is 0 Å². The molecular formula is C43H52O2Si. The van der Waals surface area contributed by atoms with Gasteiger partial charge in [0.15, 0.2) is 0 Å². The molecule has 0 fully saturated rings. The van der Waals surface area contributed by atoms with Crippen molar-refractivity contribution >= 4 is 31.3 Å². The minimum Gasteiger partial charge on any atom is -0.403 e. The largest absolute Gasteiger partial charge is 0.403 e. The Bertz CT molecular complexity index is 1620. The predicted molar refractivity (Wildman–Crippen MR) is 198 cm³/mol. The fourth-order valence-electron chi connectivity index (χ4n) is 7.00. The van der Waals surface area contributed by atoms with Crippen LogP contribution in [-0.2, 0) is 20.1 Å². The van der Waals surface area contributed by atoms with Crippen LogP contribution in [0.25, 0.3) is 5.57 Å². The second-order valence-corrected chi connectivity index (χ2v) is 18.0. The van der Waals surface area contributed by atoms with E-state index in [0.717, 1.165) is 17.4 Å². The van der Waals surface area contributed by atoms with E-state index < -0.39 is 9.04 Å². The minimum absolute atomic E-state index is 0.128. The van der Waals surface area contributed by atoms with Gasteiger partial charge in [0.25, 0.3) is 0 Å². The normalized spacial score (nSPS) is 17.3. The van der Waals surface area contributed by atoms with Crippen molar-refractivity contribution in [3.63, 3.8) is 0 Å². The lowest BCUT2D eigenvalue weighted by atomic mass is 9.63. The standard InChI is InChI=1S/C43H52O2Si/c1-31(32-24-25-38-39(29-32)43(7,8)27-26-42(38,5)6)22-23-35(30-44)33-16-15-17-34(28-33)40(41(2,3)4)45-46(36-18-11-9-12-19-36)37-20-13-10-14-21-37/h9-22,24-25,28-30,35,40,46H,23,26-27H2,1-8H3/b31-22+. The molecule has 0 saturated carbocycles. The summed E-state index contributed by atoms with van der Waals surface area (Å²) in [6, 6.07) is 36.9. The Morgan fingerprint density at radius 2 is 1.33 bits per heavy atom. The molecule has 0 saturated heterocycles. The zero-order valence-corrected chi connectivity index (χ0v) is 30.3. The quantitative estimate of drug-likeness (QED) is 0.129. The molecule has 4 aromatic rings. The summed E-state index contributed by atoms with van der Waals surface area (Å²) >= 11 is 0. The van der Waals surface area contributed by atoms with Crippen LogP contribution in [0.15, 0.2) is 109 Å². The molecule has 0 bridgehead atoms. The van der Waals surface area contributed by atoms with Gasteiger partial charge in [-0.05, 0) is 86.2 Å². The molecule has 46 heavy (non-hydrogen) atoms. The molecule has 1 aliphatic rings. The summed E-state index contributed by atoms with van der Waals surface area (Å²) in [7, 11) is -1.99. The van der Waals surface area contributed by atoms with Gasteiger partial charge >= 0.3 is 0 Å². The lowest BCUT2D eigenvalue weighted by Crippen LogP contribution is -2.47. The van der Waals surface area contributed by atoms with Crippen molar-refractivity contribution in [2.45, 2.75) is 97.5 Å². The maximum absolute atomic E-state index is 12.6. The molecule has 2 unspecified atom stereocenters. The van der Waals surface area contributed by atoms with Crippen LogP contribution in [-0.4, -0.2) is 15.3 Å². The maximum Gasteiger partial charge on any atom is 0.240 e. The van der Waals surface area contributed by atoms with Crippen LogP contribution < -0.4 is 10.4 Å². The average molecular weight is 629 g/mol. The summed E-state index contributed by atoms with van der Waals surface area (Å²) in [5, 5.41) is 2.53. The van der Waals surface area contributed by atoms with Gasteiger partial charge in [-0.15, -0.1) is 0 Å². The second-order valence-electron chi connectivity index (χ2n) is 15.6. The van der Waals surface area contributed by atoms with E-state index in [1.807, 2.05) is 0 Å². The number of allylic oxidation sites excluding steroid dienone is 2. The molecule has 2 atom stereocenters. The van der Waals surface area contributed by atoms with Crippen LogP contribution >= 0.6 is 0 Å². The molecule has 2 nitrogen and oxygen atoms in total. The smallest absolute Gasteiger partial charge is 0.240 e. The second kappa shape index (κ2) is 13.7. The van der Waals surface area contributed by atoms with E-state index in [2.05, 4.69) is 165 Å². The molecule has 0 aliphatic heterocycles. The van der Waals surface area contributed by atoms with Gasteiger partial charge in [-0.1, -0.05) is 158 Å². The van der Waals surface area contributed by atoms with E-state index in [1.54, 1.807) is 0 Å². The molecule has 3 heteroatoms. The molecule has 5 rings (SSSR count). The van der Waals surface area contributed by atoms with E-state index in [-0.39, 0.29) is 28.3 Å². The molecule has 1 aliphatic carbocycles. The van der Waals surface area contributed by atoms with Crippen LogP contribution in [0.3, 0.4) is 0 Å². The first-order chi connectivity index (χ1) is 21.8. The van der Waals surface area contributed by atoms with Crippen molar-refractivity contribution in [3.8, 4) is 0 Å². The van der Waals surface area contributed by atoms with E-state index in [1.165, 1.54) is 45.5 Å². The zero-order chi connectivity index (χ0) is 33.1. The van der Waals surface area contributed by atoms with Gasteiger partial charge in [0.2, 0.25) is 9.04 Å². The molecule has 0 radical (unpaired) electrons. The predicted octanol–water partition coefficient (Wildman–Crippen LogP) is 9.45. The summed E-state index contributed by atoms with van der Waals surface area (Å²) in [6.45, 7) is 18.4. The Hall–Kier alpha value is -3.53. The molecule has 4 aromatic carbocycles. The summed E-state index contributed by atoms with van der Waals surface area (Å²) < 4.78 is 7.21. The molecule has 0 amide bonds. The van der Waals surface area contributed by atoms with Crippen LogP contribution in [0.5, 0.6) is 0 Å². The summed E-state index contributed by atoms with van der Waals surface area (Å²) in [5.41, 5.74) is 7.81. The Balaban J connectivity index is 1.42. The SMILES string of the molecule is C/C(=C\CC(C=O)c1cccc(C(O[SiH](c2ccccc2)c2ccccc2)C(C)(C)C)c1)c1ccc2c(c1)C(C)(C)CCC2(C)C. The highest BCUT2D eigenvalue weighted by atomic mass is 28.3. The van der Waals surface area contributed by atoms with Crippen LogP contribution in [0.2, 0.25) is 0 Å². The Labute approximate surface area is 279 Å². The Morgan fingerprint density at radius 3 is 1.89 bits per heavy atom. The van der Waals surface area contributed by atoms with Crippen LogP contribution in [0.1, 0.15) is 114 Å². The Kier molecular flexibility index (Phi) is 10.1. The monoisotopic (exact) mass is 628 g/mol. The highest BCUT2D eigenvalue weighted by molar-refractivity contribution is 6.80. The van der Waals surface area contributed by atoms with E-state index in [0.29, 0.717) is 6.42 Å². The molecule has 240 valence electrons. The molecule has 0 spiro atoms. The van der Waals surface area contributed by atoms with Gasteiger partial charge < -0.3 is 9.22 Å². The van der Waals surface area contributed by atoms with Gasteiger partial charge in [-0.25, -0.2) is 0 Å². The third-order valence-electron chi connectivity index (χ3n) is 10.1. The third kappa shape index (κ3) is 7.53. The maximum atomic E-state index is 12.6. The molecule has 0 N–H and O–H groups in total. The Morgan fingerprint density at radius 1 is 0.761 bits per heavy atom. The summed E-state index contributed by atoms with van der Waals surface area (Å²) in [4.78, 5) is 12.6. The first-order valence-electron chi connectivity index (χ1n) is 16.9. The van der Waals surface area contributed by atoms with Crippen molar-refractivity contribution in [2.75, 3.05) is 0 Å². The number of benzene rings is 4. The highest BCUT2D eigenvalue weighted by Gasteiger charge is 2.37. The number of rotatable bonds is 10. The van der Waals surface area contributed by atoms with Crippen molar-refractivity contribution in [3.05, 3.63) is 137 Å². The first kappa shape index (κ1) is 33.8. The highest BCUT2D eigenvalue weighted by Crippen LogP contribution is 2.46. The molecule has 0 aromatic heterocycles. The molecule has 0 heterocycles. The topological polar surface area (TPSA) is 26.3 Å². The summed E-state index contributed by atoms with van der Waals surface area (Å²) in [5.74, 6) is -0.222. The van der Waals surface area contributed by atoms with Crippen molar-refractivity contribution < 1.29 is 9.22 Å². The van der Waals surface area contributed by atoms with E-state index in [9.17, 15) is 4.79 Å². The van der Waals surface area contributed by atoms with Gasteiger partial charge in [0.1, 0.15) is 6.29 Å². The summed E-state index contributed by atoms with van der Waals surface area (Å²) in [6.07, 6.45) is 6.31. The number of aldehydes is 1. The van der Waals surface area contributed by atoms with Gasteiger partial charge in [0, 0.05) is 5.92 Å². The number of carbonyl (C=O) groups is 1. The number of fused-ring (bicyclic) bond motifs is 1. The van der Waals surface area contributed by atoms with Crippen molar-refractivity contribution in [2.24, 2.45) is 5.41 Å². The van der Waals surface area contributed by atoms with Crippen LogP contribution in [0.4, 0.5) is 0 Å². The van der Waals surface area contributed by atoms with E-state index >= 15 is 0 Å². The lowest BCUT2D eigenvalue weighted by molar-refractivity contribution is -0.109. The van der Waals surface area contributed by atoms with E-state index in [4.69, 9.17) is 4.43 Å². The third-order valence-corrected chi connectivity index (χ3v) is 12.6. The van der Waals surface area contributed by atoms with Crippen molar-refractivity contribution in [1.82, 2.24) is 0 Å².